The summed E-state index contributed by atoms with van der Waals surface area (Å²) in [5, 5.41) is 0.496. The zero-order chi connectivity index (χ0) is 27.7. The molecule has 1 aliphatic heterocycles. The molecule has 0 bridgehead atoms. The molecule has 3 aromatic carbocycles. The highest BCUT2D eigenvalue weighted by molar-refractivity contribution is 5.99. The van der Waals surface area contributed by atoms with E-state index in [9.17, 15) is 9.59 Å². The van der Waals surface area contributed by atoms with Crippen LogP contribution in [0, 0.1) is 19.8 Å². The van der Waals surface area contributed by atoms with Crippen molar-refractivity contribution < 1.29 is 18.7 Å². The van der Waals surface area contributed by atoms with Gasteiger partial charge >= 0.3 is 0 Å². The summed E-state index contributed by atoms with van der Waals surface area (Å²) < 4.78 is 17.5. The van der Waals surface area contributed by atoms with Crippen molar-refractivity contribution in [2.24, 2.45) is 5.92 Å². The molecule has 5 rings (SSSR count). The zero-order valence-electron chi connectivity index (χ0n) is 23.2. The first kappa shape index (κ1) is 26.5. The molecule has 0 N–H and O–H groups in total. The summed E-state index contributed by atoms with van der Waals surface area (Å²) in [6.45, 7) is 9.30. The lowest BCUT2D eigenvalue weighted by Crippen LogP contribution is -2.31. The molecule has 0 spiro atoms. The first-order valence-electron chi connectivity index (χ1n) is 13.5. The van der Waals surface area contributed by atoms with Crippen LogP contribution in [0.4, 0.5) is 0 Å². The van der Waals surface area contributed by atoms with Crippen molar-refractivity contribution in [2.75, 3.05) is 20.3 Å². The van der Waals surface area contributed by atoms with E-state index in [2.05, 4.69) is 13.8 Å². The van der Waals surface area contributed by atoms with Crippen LogP contribution in [-0.2, 0) is 6.42 Å². The second-order valence-corrected chi connectivity index (χ2v) is 10.7. The van der Waals surface area contributed by atoms with E-state index in [0.29, 0.717) is 42.0 Å². The first-order valence-corrected chi connectivity index (χ1v) is 13.5. The third-order valence-electron chi connectivity index (χ3n) is 7.52. The van der Waals surface area contributed by atoms with E-state index in [4.69, 9.17) is 13.9 Å². The zero-order valence-corrected chi connectivity index (χ0v) is 23.2. The van der Waals surface area contributed by atoms with Crippen LogP contribution in [0.3, 0.4) is 0 Å². The van der Waals surface area contributed by atoms with E-state index in [-0.39, 0.29) is 17.1 Å². The van der Waals surface area contributed by atoms with Gasteiger partial charge in [0.2, 0.25) is 5.76 Å². The number of aryl methyl sites for hydroxylation is 2. The van der Waals surface area contributed by atoms with Gasteiger partial charge in [-0.3, -0.25) is 9.59 Å². The Balaban J connectivity index is 1.57. The number of hydrogen-bond donors (Lipinski definition) is 0. The van der Waals surface area contributed by atoms with Gasteiger partial charge in [-0.1, -0.05) is 38.1 Å². The van der Waals surface area contributed by atoms with Gasteiger partial charge in [-0.2, -0.15) is 0 Å². The predicted octanol–water partition coefficient (Wildman–Crippen LogP) is 6.63. The van der Waals surface area contributed by atoms with E-state index >= 15 is 0 Å². The number of fused-ring (bicyclic) bond motifs is 2. The van der Waals surface area contributed by atoms with Crippen LogP contribution in [0.25, 0.3) is 11.0 Å². The number of carbonyl (C=O) groups is 1. The predicted molar refractivity (Wildman–Crippen MR) is 153 cm³/mol. The fourth-order valence-corrected chi connectivity index (χ4v) is 5.08. The number of benzene rings is 3. The third-order valence-corrected chi connectivity index (χ3v) is 7.52. The molecule has 0 fully saturated rings. The average Bonchev–Trinajstić information content (AvgIpc) is 3.20. The molecule has 1 atom stereocenters. The summed E-state index contributed by atoms with van der Waals surface area (Å²) in [5.41, 5.74) is 4.59. The highest BCUT2D eigenvalue weighted by Crippen LogP contribution is 2.39. The number of ether oxygens (including phenoxy) is 2. The summed E-state index contributed by atoms with van der Waals surface area (Å²) in [6, 6.07) is 18.7. The smallest absolute Gasteiger partial charge is 0.290 e. The fraction of sp³-hybridized carbons (Fsp3) is 0.333. The maximum absolute atomic E-state index is 14.0. The number of hydrogen-bond acceptors (Lipinski definition) is 5. The van der Waals surface area contributed by atoms with Gasteiger partial charge in [0.05, 0.1) is 30.7 Å². The van der Waals surface area contributed by atoms with Gasteiger partial charge in [0.25, 0.3) is 5.91 Å². The van der Waals surface area contributed by atoms with Gasteiger partial charge in [0, 0.05) is 6.54 Å². The van der Waals surface area contributed by atoms with Crippen molar-refractivity contribution in [1.82, 2.24) is 4.90 Å². The molecule has 1 unspecified atom stereocenters. The van der Waals surface area contributed by atoms with Crippen LogP contribution >= 0.6 is 0 Å². The monoisotopic (exact) mass is 525 g/mol. The minimum Gasteiger partial charge on any atom is -0.497 e. The van der Waals surface area contributed by atoms with Crippen LogP contribution in [0.1, 0.15) is 64.7 Å². The Morgan fingerprint density at radius 1 is 0.949 bits per heavy atom. The third kappa shape index (κ3) is 5.29. The van der Waals surface area contributed by atoms with E-state index in [1.807, 2.05) is 74.5 Å². The molecule has 1 aliphatic rings. The number of rotatable bonds is 9. The highest BCUT2D eigenvalue weighted by Gasteiger charge is 2.42. The standard InChI is InChI=1S/C33H35NO5/c1-20(2)14-16-38-26-8-6-7-24(19-26)30-29-31(35)27-17-21(3)22(4)18-28(27)39-32(29)33(36)34(30)15-13-23-9-11-25(37-5)12-10-23/h6-12,17-20,30H,13-16H2,1-5H3. The van der Waals surface area contributed by atoms with Crippen LogP contribution < -0.4 is 14.9 Å². The van der Waals surface area contributed by atoms with Crippen molar-refractivity contribution in [2.45, 2.75) is 46.6 Å². The normalized spacial score (nSPS) is 14.8. The lowest BCUT2D eigenvalue weighted by molar-refractivity contribution is 0.0729. The molecule has 1 aromatic heterocycles. The topological polar surface area (TPSA) is 69.0 Å². The molecule has 6 heteroatoms. The lowest BCUT2D eigenvalue weighted by Gasteiger charge is -2.25. The van der Waals surface area contributed by atoms with Crippen LogP contribution in [0.15, 0.2) is 69.9 Å². The van der Waals surface area contributed by atoms with Crippen molar-refractivity contribution in [3.63, 3.8) is 0 Å². The SMILES string of the molecule is COc1ccc(CCN2C(=O)c3oc4cc(C)c(C)cc4c(=O)c3C2c2cccc(OCCC(C)C)c2)cc1. The largest absolute Gasteiger partial charge is 0.497 e. The second-order valence-electron chi connectivity index (χ2n) is 10.7. The highest BCUT2D eigenvalue weighted by atomic mass is 16.5. The Bertz CT molecular complexity index is 1570. The minimum absolute atomic E-state index is 0.126. The summed E-state index contributed by atoms with van der Waals surface area (Å²) >= 11 is 0. The Morgan fingerprint density at radius 2 is 1.69 bits per heavy atom. The molecule has 2 heterocycles. The minimum atomic E-state index is -0.568. The fourth-order valence-electron chi connectivity index (χ4n) is 5.08. The van der Waals surface area contributed by atoms with Gasteiger partial charge in [0.15, 0.2) is 5.43 Å². The Morgan fingerprint density at radius 3 is 2.41 bits per heavy atom. The number of carbonyl (C=O) groups excluding carboxylic acids is 1. The molecule has 6 nitrogen and oxygen atoms in total. The van der Waals surface area contributed by atoms with E-state index in [1.54, 1.807) is 12.0 Å². The number of amides is 1. The van der Waals surface area contributed by atoms with Gasteiger partial charge in [-0.05, 0) is 91.3 Å². The maximum Gasteiger partial charge on any atom is 0.290 e. The van der Waals surface area contributed by atoms with Gasteiger partial charge < -0.3 is 18.8 Å². The van der Waals surface area contributed by atoms with E-state index in [1.165, 1.54) is 0 Å². The molecule has 39 heavy (non-hydrogen) atoms. The number of methoxy groups -OCH3 is 1. The van der Waals surface area contributed by atoms with Crippen LogP contribution in [-0.4, -0.2) is 31.1 Å². The quantitative estimate of drug-likeness (QED) is 0.245. The second kappa shape index (κ2) is 11.0. The van der Waals surface area contributed by atoms with Crippen molar-refractivity contribution in [3.8, 4) is 11.5 Å². The van der Waals surface area contributed by atoms with Crippen molar-refractivity contribution in [3.05, 3.63) is 104 Å². The van der Waals surface area contributed by atoms with E-state index in [0.717, 1.165) is 40.2 Å². The van der Waals surface area contributed by atoms with Crippen LogP contribution in [0.2, 0.25) is 0 Å². The molecule has 0 aliphatic carbocycles. The molecular formula is C33H35NO5. The molecule has 4 aromatic rings. The lowest BCUT2D eigenvalue weighted by atomic mass is 9.97. The summed E-state index contributed by atoms with van der Waals surface area (Å²) in [5.74, 6) is 1.89. The molecule has 0 saturated heterocycles. The van der Waals surface area contributed by atoms with Gasteiger partial charge in [0.1, 0.15) is 17.1 Å². The number of nitrogens with zero attached hydrogens (tertiary/aromatic N) is 1. The average molecular weight is 526 g/mol. The van der Waals surface area contributed by atoms with Crippen LogP contribution in [0.5, 0.6) is 11.5 Å². The molecular weight excluding hydrogens is 490 g/mol. The Hall–Kier alpha value is -4.06. The van der Waals surface area contributed by atoms with Crippen molar-refractivity contribution >= 4 is 16.9 Å². The van der Waals surface area contributed by atoms with Crippen molar-refractivity contribution in [1.29, 1.82) is 0 Å². The molecule has 1 amide bonds. The Kier molecular flexibility index (Phi) is 7.47. The van der Waals surface area contributed by atoms with E-state index < -0.39 is 6.04 Å². The van der Waals surface area contributed by atoms with Gasteiger partial charge in [-0.15, -0.1) is 0 Å². The summed E-state index contributed by atoms with van der Waals surface area (Å²) in [7, 11) is 1.64. The molecule has 0 saturated carbocycles. The molecule has 0 radical (unpaired) electrons. The Labute approximate surface area is 229 Å². The summed E-state index contributed by atoms with van der Waals surface area (Å²) in [4.78, 5) is 29.5. The maximum atomic E-state index is 14.0. The first-order chi connectivity index (χ1) is 18.8. The van der Waals surface area contributed by atoms with Gasteiger partial charge in [-0.25, -0.2) is 0 Å². The molecule has 202 valence electrons. The summed E-state index contributed by atoms with van der Waals surface area (Å²) in [6.07, 6.45) is 1.56.